The second-order valence-electron chi connectivity index (χ2n) is 3.80. The van der Waals surface area contributed by atoms with Gasteiger partial charge in [0, 0.05) is 12.6 Å². The highest BCUT2D eigenvalue weighted by molar-refractivity contribution is 6.29. The number of pyridine rings is 1. The van der Waals surface area contributed by atoms with E-state index < -0.39 is 11.6 Å². The van der Waals surface area contributed by atoms with Crippen LogP contribution in [-0.4, -0.2) is 11.5 Å². The summed E-state index contributed by atoms with van der Waals surface area (Å²) >= 11 is 5.73. The van der Waals surface area contributed by atoms with Gasteiger partial charge >= 0.3 is 0 Å². The number of hydrogen-bond acceptors (Lipinski definition) is 2. The van der Waals surface area contributed by atoms with E-state index in [1.807, 2.05) is 0 Å². The highest BCUT2D eigenvalue weighted by Crippen LogP contribution is 2.11. The molecular formula is C13H11ClF2N2. The van der Waals surface area contributed by atoms with E-state index in [9.17, 15) is 8.78 Å². The molecule has 2 nitrogen and oxygen atoms in total. The van der Waals surface area contributed by atoms with Gasteiger partial charge < -0.3 is 5.32 Å². The summed E-state index contributed by atoms with van der Waals surface area (Å²) in [6.45, 7) is 0.524. The third-order valence-corrected chi connectivity index (χ3v) is 2.57. The van der Waals surface area contributed by atoms with Crippen LogP contribution in [-0.2, 0) is 6.42 Å². The molecule has 2 aromatic rings. The van der Waals surface area contributed by atoms with Crippen molar-refractivity contribution in [2.75, 3.05) is 11.9 Å². The van der Waals surface area contributed by atoms with Gasteiger partial charge in [-0.3, -0.25) is 0 Å². The summed E-state index contributed by atoms with van der Waals surface area (Å²) in [5, 5.41) is 3.43. The zero-order chi connectivity index (χ0) is 13.0. The summed E-state index contributed by atoms with van der Waals surface area (Å²) in [7, 11) is 0. The van der Waals surface area contributed by atoms with Gasteiger partial charge in [0.05, 0.1) is 0 Å². The van der Waals surface area contributed by atoms with Crippen molar-refractivity contribution in [1.82, 2.24) is 4.98 Å². The van der Waals surface area contributed by atoms with Crippen LogP contribution >= 0.6 is 11.6 Å². The minimum atomic E-state index is -0.564. The van der Waals surface area contributed by atoms with Crippen molar-refractivity contribution in [2.45, 2.75) is 6.42 Å². The molecule has 0 aliphatic carbocycles. The highest BCUT2D eigenvalue weighted by atomic mass is 35.5. The van der Waals surface area contributed by atoms with E-state index in [2.05, 4.69) is 10.3 Å². The number of nitrogens with one attached hydrogen (secondary N) is 1. The third kappa shape index (κ3) is 3.67. The Hall–Kier alpha value is -1.68. The van der Waals surface area contributed by atoms with Crippen LogP contribution in [0.5, 0.6) is 0 Å². The monoisotopic (exact) mass is 268 g/mol. The molecule has 0 fully saturated rings. The zero-order valence-electron chi connectivity index (χ0n) is 9.46. The number of hydrogen-bond donors (Lipinski definition) is 1. The van der Waals surface area contributed by atoms with Gasteiger partial charge in [-0.25, -0.2) is 13.8 Å². The Bertz CT molecular complexity index is 526. The number of benzene rings is 1. The van der Waals surface area contributed by atoms with Crippen molar-refractivity contribution < 1.29 is 8.78 Å². The number of anilines is 1. The Morgan fingerprint density at radius 3 is 2.50 bits per heavy atom. The van der Waals surface area contributed by atoms with E-state index >= 15 is 0 Å². The molecule has 5 heteroatoms. The maximum atomic E-state index is 12.9. The van der Waals surface area contributed by atoms with E-state index in [1.165, 1.54) is 12.1 Å². The first-order chi connectivity index (χ1) is 8.63. The molecule has 0 amide bonds. The molecule has 1 aromatic heterocycles. The molecule has 0 aliphatic heterocycles. The first-order valence-electron chi connectivity index (χ1n) is 5.45. The van der Waals surface area contributed by atoms with Gasteiger partial charge in [-0.15, -0.1) is 0 Å². The summed E-state index contributed by atoms with van der Waals surface area (Å²) in [5.41, 5.74) is 0.599. The average Bonchev–Trinajstić information content (AvgIpc) is 2.27. The summed E-state index contributed by atoms with van der Waals surface area (Å²) < 4.78 is 25.9. The molecule has 0 unspecified atom stereocenters. The number of nitrogens with zero attached hydrogens (tertiary/aromatic N) is 1. The first kappa shape index (κ1) is 12.8. The van der Waals surface area contributed by atoms with E-state index in [-0.39, 0.29) is 0 Å². The van der Waals surface area contributed by atoms with Crippen LogP contribution in [0.25, 0.3) is 0 Å². The lowest BCUT2D eigenvalue weighted by atomic mass is 10.1. The molecule has 0 saturated carbocycles. The average molecular weight is 269 g/mol. The Morgan fingerprint density at radius 1 is 1.11 bits per heavy atom. The van der Waals surface area contributed by atoms with Crippen molar-refractivity contribution in [3.63, 3.8) is 0 Å². The Balaban J connectivity index is 1.92. The molecule has 0 radical (unpaired) electrons. The second-order valence-corrected chi connectivity index (χ2v) is 4.19. The Morgan fingerprint density at radius 2 is 1.83 bits per heavy atom. The minimum absolute atomic E-state index is 0.400. The molecule has 1 N–H and O–H groups in total. The van der Waals surface area contributed by atoms with Crippen molar-refractivity contribution in [2.24, 2.45) is 0 Å². The first-order valence-corrected chi connectivity index (χ1v) is 5.83. The fourth-order valence-corrected chi connectivity index (χ4v) is 1.76. The molecule has 94 valence electrons. The predicted octanol–water partition coefficient (Wildman–Crippen LogP) is 3.67. The summed E-state index contributed by atoms with van der Waals surface area (Å²) in [5.74, 6) is -0.490. The molecule has 1 aromatic carbocycles. The van der Waals surface area contributed by atoms with Crippen LogP contribution in [0, 0.1) is 11.6 Å². The molecule has 18 heavy (non-hydrogen) atoms. The van der Waals surface area contributed by atoms with Gasteiger partial charge in [0.1, 0.15) is 22.6 Å². The van der Waals surface area contributed by atoms with Gasteiger partial charge in [0.15, 0.2) is 0 Å². The van der Waals surface area contributed by atoms with E-state index in [1.54, 1.807) is 18.2 Å². The zero-order valence-corrected chi connectivity index (χ0v) is 10.2. The maximum Gasteiger partial charge on any atom is 0.131 e. The fraction of sp³-hybridized carbons (Fsp3) is 0.154. The number of aromatic nitrogens is 1. The highest BCUT2D eigenvalue weighted by Gasteiger charge is 2.01. The lowest BCUT2D eigenvalue weighted by Gasteiger charge is -2.06. The van der Waals surface area contributed by atoms with E-state index in [0.29, 0.717) is 29.5 Å². The van der Waals surface area contributed by atoms with Gasteiger partial charge in [-0.05, 0) is 36.2 Å². The quantitative estimate of drug-likeness (QED) is 0.856. The molecule has 1 heterocycles. The summed E-state index contributed by atoms with van der Waals surface area (Å²) in [6, 6.07) is 8.72. The largest absolute Gasteiger partial charge is 0.370 e. The molecule has 0 aliphatic rings. The summed E-state index contributed by atoms with van der Waals surface area (Å²) in [6.07, 6.45) is 0.503. The molecular weight excluding hydrogens is 258 g/mol. The van der Waals surface area contributed by atoms with Crippen LogP contribution in [0.1, 0.15) is 5.56 Å². The lowest BCUT2D eigenvalue weighted by Crippen LogP contribution is -2.06. The van der Waals surface area contributed by atoms with Gasteiger partial charge in [0.2, 0.25) is 0 Å². The van der Waals surface area contributed by atoms with Crippen molar-refractivity contribution in [3.05, 3.63) is 58.7 Å². The molecule has 0 atom stereocenters. The molecule has 0 bridgehead atoms. The minimum Gasteiger partial charge on any atom is -0.370 e. The molecule has 2 rings (SSSR count). The van der Waals surface area contributed by atoms with Gasteiger partial charge in [0.25, 0.3) is 0 Å². The number of rotatable bonds is 4. The Kier molecular flexibility index (Phi) is 4.10. The fourth-order valence-electron chi connectivity index (χ4n) is 1.60. The standard InChI is InChI=1S/C13H11ClF2N2/c14-12-2-1-3-13(18-12)17-5-4-9-6-10(15)8-11(16)7-9/h1-3,6-8H,4-5H2,(H,17,18). The van der Waals surface area contributed by atoms with Gasteiger partial charge in [-0.1, -0.05) is 17.7 Å². The van der Waals surface area contributed by atoms with Gasteiger partial charge in [-0.2, -0.15) is 0 Å². The topological polar surface area (TPSA) is 24.9 Å². The Labute approximate surface area is 109 Å². The van der Waals surface area contributed by atoms with E-state index in [4.69, 9.17) is 11.6 Å². The predicted molar refractivity (Wildman–Crippen MR) is 67.8 cm³/mol. The van der Waals surface area contributed by atoms with Crippen LogP contribution in [0.2, 0.25) is 5.15 Å². The van der Waals surface area contributed by atoms with Crippen LogP contribution in [0.3, 0.4) is 0 Å². The lowest BCUT2D eigenvalue weighted by molar-refractivity contribution is 0.580. The summed E-state index contributed by atoms with van der Waals surface area (Å²) in [4.78, 5) is 4.05. The van der Waals surface area contributed by atoms with Crippen molar-refractivity contribution >= 4 is 17.4 Å². The van der Waals surface area contributed by atoms with Crippen LogP contribution in [0.4, 0.5) is 14.6 Å². The maximum absolute atomic E-state index is 12.9. The van der Waals surface area contributed by atoms with E-state index in [0.717, 1.165) is 6.07 Å². The molecule has 0 saturated heterocycles. The normalized spacial score (nSPS) is 10.4. The number of halogens is 3. The van der Waals surface area contributed by atoms with Crippen molar-refractivity contribution in [1.29, 1.82) is 0 Å². The van der Waals surface area contributed by atoms with Crippen LogP contribution < -0.4 is 5.32 Å². The molecule has 0 spiro atoms. The second kappa shape index (κ2) is 5.78. The third-order valence-electron chi connectivity index (χ3n) is 2.36. The van der Waals surface area contributed by atoms with Crippen molar-refractivity contribution in [3.8, 4) is 0 Å². The smallest absolute Gasteiger partial charge is 0.131 e. The SMILES string of the molecule is Fc1cc(F)cc(CCNc2cccc(Cl)n2)c1. The van der Waals surface area contributed by atoms with Crippen LogP contribution in [0.15, 0.2) is 36.4 Å².